The number of aromatic nitrogens is 1. The van der Waals surface area contributed by atoms with E-state index in [1.165, 1.54) is 0 Å². The Hall–Kier alpha value is -1.36. The molecule has 1 aromatic heterocycles. The Bertz CT molecular complexity index is 402. The van der Waals surface area contributed by atoms with Gasteiger partial charge in [0.15, 0.2) is 5.69 Å². The fourth-order valence-electron chi connectivity index (χ4n) is 2.34. The van der Waals surface area contributed by atoms with Gasteiger partial charge in [-0.1, -0.05) is 18.0 Å². The third-order valence-corrected chi connectivity index (χ3v) is 3.36. The monoisotopic (exact) mass is 238 g/mol. The van der Waals surface area contributed by atoms with Crippen LogP contribution in [-0.4, -0.2) is 40.3 Å². The molecule has 0 saturated heterocycles. The smallest absolute Gasteiger partial charge is 0.276 e. The lowest BCUT2D eigenvalue weighted by molar-refractivity contribution is 0.0262. The number of hydrogen-bond acceptors (Lipinski definition) is 4. The molecule has 1 heterocycles. The number of aliphatic hydroxyl groups is 1. The first-order chi connectivity index (χ1) is 8.09. The van der Waals surface area contributed by atoms with Crippen LogP contribution in [0.2, 0.25) is 0 Å². The van der Waals surface area contributed by atoms with E-state index in [2.05, 4.69) is 5.16 Å². The molecular weight excluding hydrogens is 220 g/mol. The Kier molecular flexibility index (Phi) is 3.47. The van der Waals surface area contributed by atoms with Crippen molar-refractivity contribution in [3.63, 3.8) is 0 Å². The first-order valence-corrected chi connectivity index (χ1v) is 5.98. The molecule has 1 fully saturated rings. The highest BCUT2D eigenvalue weighted by Crippen LogP contribution is 2.23. The average Bonchev–Trinajstić information content (AvgIpc) is 2.75. The summed E-state index contributed by atoms with van der Waals surface area (Å²) in [6.45, 7) is 1.75. The van der Waals surface area contributed by atoms with Crippen molar-refractivity contribution in [2.24, 2.45) is 0 Å². The van der Waals surface area contributed by atoms with Gasteiger partial charge in [-0.2, -0.15) is 0 Å². The molecule has 0 bridgehead atoms. The molecule has 94 valence electrons. The lowest BCUT2D eigenvalue weighted by Gasteiger charge is -2.34. The number of amides is 1. The molecule has 2 rings (SSSR count). The second-order valence-corrected chi connectivity index (χ2v) is 4.66. The van der Waals surface area contributed by atoms with E-state index in [9.17, 15) is 9.90 Å². The van der Waals surface area contributed by atoms with Gasteiger partial charge in [-0.05, 0) is 19.8 Å². The fourth-order valence-corrected chi connectivity index (χ4v) is 2.34. The molecule has 0 aliphatic heterocycles. The Morgan fingerprint density at radius 3 is 2.82 bits per heavy atom. The van der Waals surface area contributed by atoms with Crippen molar-refractivity contribution in [2.45, 2.75) is 44.8 Å². The van der Waals surface area contributed by atoms with E-state index in [1.807, 2.05) is 0 Å². The first kappa shape index (κ1) is 12.1. The van der Waals surface area contributed by atoms with E-state index >= 15 is 0 Å². The number of hydrogen-bond donors (Lipinski definition) is 1. The quantitative estimate of drug-likeness (QED) is 0.844. The highest BCUT2D eigenvalue weighted by Gasteiger charge is 2.30. The van der Waals surface area contributed by atoms with Crippen molar-refractivity contribution in [1.29, 1.82) is 0 Å². The number of likely N-dealkylation sites (N-methyl/N-ethyl adjacent to an activating group) is 1. The van der Waals surface area contributed by atoms with E-state index in [-0.39, 0.29) is 11.9 Å². The summed E-state index contributed by atoms with van der Waals surface area (Å²) >= 11 is 0. The molecular formula is C12H18N2O3. The molecule has 0 aromatic carbocycles. The predicted molar refractivity (Wildman–Crippen MR) is 61.6 cm³/mol. The fraction of sp³-hybridized carbons (Fsp3) is 0.667. The average molecular weight is 238 g/mol. The van der Waals surface area contributed by atoms with Crippen LogP contribution in [-0.2, 0) is 0 Å². The van der Waals surface area contributed by atoms with Gasteiger partial charge in [0.1, 0.15) is 5.76 Å². The zero-order chi connectivity index (χ0) is 12.4. The molecule has 1 aromatic rings. The highest BCUT2D eigenvalue weighted by atomic mass is 16.5. The zero-order valence-electron chi connectivity index (χ0n) is 10.2. The molecule has 17 heavy (non-hydrogen) atoms. The van der Waals surface area contributed by atoms with Crippen LogP contribution in [0.25, 0.3) is 0 Å². The maximum Gasteiger partial charge on any atom is 0.276 e. The third kappa shape index (κ3) is 2.49. The topological polar surface area (TPSA) is 66.6 Å². The number of carbonyl (C=O) groups is 1. The van der Waals surface area contributed by atoms with E-state index in [4.69, 9.17) is 4.52 Å². The van der Waals surface area contributed by atoms with Crippen molar-refractivity contribution in [2.75, 3.05) is 7.05 Å². The SMILES string of the molecule is Cc1cc(C(=O)N(C)C2CCCCC2O)no1. The summed E-state index contributed by atoms with van der Waals surface area (Å²) in [5.41, 5.74) is 0.308. The molecule has 1 saturated carbocycles. The Labute approximate surface area is 100 Å². The van der Waals surface area contributed by atoms with Crippen molar-refractivity contribution in [1.82, 2.24) is 10.1 Å². The molecule has 1 aliphatic carbocycles. The van der Waals surface area contributed by atoms with Crippen LogP contribution in [0.4, 0.5) is 0 Å². The van der Waals surface area contributed by atoms with Crippen LogP contribution in [0, 0.1) is 6.92 Å². The van der Waals surface area contributed by atoms with Crippen LogP contribution in [0.5, 0.6) is 0 Å². The van der Waals surface area contributed by atoms with Gasteiger partial charge in [0.2, 0.25) is 0 Å². The lowest BCUT2D eigenvalue weighted by atomic mass is 9.91. The van der Waals surface area contributed by atoms with Gasteiger partial charge < -0.3 is 14.5 Å². The second kappa shape index (κ2) is 4.87. The first-order valence-electron chi connectivity index (χ1n) is 5.98. The van der Waals surface area contributed by atoms with E-state index < -0.39 is 6.10 Å². The molecule has 5 heteroatoms. The molecule has 2 atom stereocenters. The maximum atomic E-state index is 12.1. The summed E-state index contributed by atoms with van der Waals surface area (Å²) < 4.78 is 4.89. The van der Waals surface area contributed by atoms with Crippen molar-refractivity contribution < 1.29 is 14.4 Å². The molecule has 0 radical (unpaired) electrons. The van der Waals surface area contributed by atoms with Gasteiger partial charge >= 0.3 is 0 Å². The number of aliphatic hydroxyl groups excluding tert-OH is 1. The molecule has 5 nitrogen and oxygen atoms in total. The summed E-state index contributed by atoms with van der Waals surface area (Å²) in [6.07, 6.45) is 3.27. The minimum atomic E-state index is -0.425. The number of aryl methyl sites for hydroxylation is 1. The van der Waals surface area contributed by atoms with Crippen LogP contribution >= 0.6 is 0 Å². The van der Waals surface area contributed by atoms with Crippen LogP contribution in [0.3, 0.4) is 0 Å². The van der Waals surface area contributed by atoms with Crippen LogP contribution < -0.4 is 0 Å². The predicted octanol–water partition coefficient (Wildman–Crippen LogP) is 1.36. The van der Waals surface area contributed by atoms with E-state index in [0.29, 0.717) is 11.5 Å². The molecule has 1 amide bonds. The Morgan fingerprint density at radius 1 is 1.53 bits per heavy atom. The van der Waals surface area contributed by atoms with Crippen molar-refractivity contribution >= 4 is 5.91 Å². The normalized spacial score (nSPS) is 24.6. The lowest BCUT2D eigenvalue weighted by Crippen LogP contribution is -2.46. The molecule has 1 N–H and O–H groups in total. The standard InChI is InChI=1S/C12H18N2O3/c1-8-7-9(13-17-8)12(16)14(2)10-5-3-4-6-11(10)15/h7,10-11,15H,3-6H2,1-2H3. The number of rotatable bonds is 2. The van der Waals surface area contributed by atoms with Gasteiger partial charge in [0, 0.05) is 13.1 Å². The summed E-state index contributed by atoms with van der Waals surface area (Å²) in [5, 5.41) is 13.6. The molecule has 2 unspecified atom stereocenters. The van der Waals surface area contributed by atoms with Crippen molar-refractivity contribution in [3.8, 4) is 0 Å². The maximum absolute atomic E-state index is 12.1. The molecule has 1 aliphatic rings. The van der Waals surface area contributed by atoms with Crippen LogP contribution in [0.15, 0.2) is 10.6 Å². The van der Waals surface area contributed by atoms with Crippen LogP contribution in [0.1, 0.15) is 41.9 Å². The van der Waals surface area contributed by atoms with Gasteiger partial charge in [0.25, 0.3) is 5.91 Å². The van der Waals surface area contributed by atoms with Gasteiger partial charge in [-0.15, -0.1) is 0 Å². The Morgan fingerprint density at radius 2 is 2.24 bits per heavy atom. The second-order valence-electron chi connectivity index (χ2n) is 4.66. The summed E-state index contributed by atoms with van der Waals surface area (Å²) in [7, 11) is 1.71. The minimum absolute atomic E-state index is 0.103. The van der Waals surface area contributed by atoms with Gasteiger partial charge in [-0.3, -0.25) is 4.79 Å². The van der Waals surface area contributed by atoms with Crippen molar-refractivity contribution in [3.05, 3.63) is 17.5 Å². The van der Waals surface area contributed by atoms with Gasteiger partial charge in [0.05, 0.1) is 12.1 Å². The minimum Gasteiger partial charge on any atom is -0.391 e. The third-order valence-electron chi connectivity index (χ3n) is 3.36. The highest BCUT2D eigenvalue weighted by molar-refractivity contribution is 5.92. The summed E-state index contributed by atoms with van der Waals surface area (Å²) in [6, 6.07) is 1.52. The van der Waals surface area contributed by atoms with E-state index in [0.717, 1.165) is 25.7 Å². The number of nitrogens with zero attached hydrogens (tertiary/aromatic N) is 2. The Balaban J connectivity index is 2.08. The van der Waals surface area contributed by atoms with E-state index in [1.54, 1.807) is 24.9 Å². The largest absolute Gasteiger partial charge is 0.391 e. The molecule has 0 spiro atoms. The zero-order valence-corrected chi connectivity index (χ0v) is 10.2. The summed E-state index contributed by atoms with van der Waals surface area (Å²) in [5.74, 6) is 0.429. The number of carbonyl (C=O) groups excluding carboxylic acids is 1. The van der Waals surface area contributed by atoms with Gasteiger partial charge in [-0.25, -0.2) is 0 Å². The summed E-state index contributed by atoms with van der Waals surface area (Å²) in [4.78, 5) is 13.7.